The molecule has 0 aliphatic carbocycles. The van der Waals surface area contributed by atoms with Crippen molar-refractivity contribution in [2.45, 2.75) is 26.3 Å². The van der Waals surface area contributed by atoms with Crippen LogP contribution in [-0.2, 0) is 14.1 Å². The number of aromatic nitrogens is 3. The van der Waals surface area contributed by atoms with Gasteiger partial charge in [-0.2, -0.15) is 0 Å². The standard InChI is InChI=1S/C16H23N5O3.2ClH/c1-9(2)16(3,8-17)19-13(22)11-7-6-10-12(18-11)20(4)15(24)21(5)14(10)23;;/h6-7,9H,8,17H2,1-5H3,(H,19,22);2*1H. The summed E-state index contributed by atoms with van der Waals surface area (Å²) in [5, 5.41) is 3.17. The Labute approximate surface area is 163 Å². The van der Waals surface area contributed by atoms with Gasteiger partial charge >= 0.3 is 5.69 Å². The van der Waals surface area contributed by atoms with Crippen molar-refractivity contribution in [2.75, 3.05) is 6.54 Å². The number of aryl methyl sites for hydroxylation is 1. The van der Waals surface area contributed by atoms with E-state index in [9.17, 15) is 14.4 Å². The molecule has 146 valence electrons. The Morgan fingerprint density at radius 3 is 2.31 bits per heavy atom. The molecule has 8 nitrogen and oxygen atoms in total. The summed E-state index contributed by atoms with van der Waals surface area (Å²) in [5.74, 6) is -0.268. The molecular formula is C16H25Cl2N5O3. The zero-order valence-electron chi connectivity index (χ0n) is 15.4. The number of halogens is 2. The van der Waals surface area contributed by atoms with Crippen LogP contribution in [0.2, 0.25) is 0 Å². The number of nitrogens with zero attached hydrogens (tertiary/aromatic N) is 3. The van der Waals surface area contributed by atoms with Gasteiger partial charge in [-0.05, 0) is 25.0 Å². The molecule has 0 aliphatic heterocycles. The normalized spacial score (nSPS) is 12.9. The van der Waals surface area contributed by atoms with Crippen LogP contribution in [0.3, 0.4) is 0 Å². The van der Waals surface area contributed by atoms with Gasteiger partial charge in [-0.3, -0.25) is 18.7 Å². The Kier molecular flexibility index (Phi) is 8.02. The predicted molar refractivity (Wildman–Crippen MR) is 106 cm³/mol. The maximum Gasteiger partial charge on any atom is 0.332 e. The third-order valence-corrected chi connectivity index (χ3v) is 4.63. The molecule has 0 bridgehead atoms. The molecule has 26 heavy (non-hydrogen) atoms. The minimum Gasteiger partial charge on any atom is -0.344 e. The lowest BCUT2D eigenvalue weighted by Gasteiger charge is -2.33. The van der Waals surface area contributed by atoms with E-state index in [4.69, 9.17) is 5.73 Å². The van der Waals surface area contributed by atoms with E-state index in [1.54, 1.807) is 0 Å². The minimum atomic E-state index is -0.577. The lowest BCUT2D eigenvalue weighted by molar-refractivity contribution is 0.0878. The fourth-order valence-corrected chi connectivity index (χ4v) is 2.34. The van der Waals surface area contributed by atoms with Crippen LogP contribution in [0.5, 0.6) is 0 Å². The van der Waals surface area contributed by atoms with E-state index in [0.717, 1.165) is 4.57 Å². The number of carbonyl (C=O) groups excluding carboxylic acids is 1. The number of nitrogens with two attached hydrogens (primary N) is 1. The van der Waals surface area contributed by atoms with Gasteiger partial charge in [0.05, 0.1) is 10.9 Å². The number of hydrogen-bond donors (Lipinski definition) is 2. The summed E-state index contributed by atoms with van der Waals surface area (Å²) in [5.41, 5.74) is 4.57. The Balaban J connectivity index is 0.00000312. The lowest BCUT2D eigenvalue weighted by atomic mass is 9.88. The smallest absolute Gasteiger partial charge is 0.332 e. The summed E-state index contributed by atoms with van der Waals surface area (Å²) < 4.78 is 2.26. The lowest BCUT2D eigenvalue weighted by Crippen LogP contribution is -2.55. The van der Waals surface area contributed by atoms with E-state index in [1.165, 1.54) is 30.8 Å². The molecule has 2 aromatic rings. The zero-order chi connectivity index (χ0) is 18.2. The van der Waals surface area contributed by atoms with Gasteiger partial charge in [0.15, 0.2) is 0 Å². The zero-order valence-corrected chi connectivity index (χ0v) is 17.0. The van der Waals surface area contributed by atoms with E-state index in [-0.39, 0.29) is 54.0 Å². The van der Waals surface area contributed by atoms with Crippen molar-refractivity contribution in [3.63, 3.8) is 0 Å². The van der Waals surface area contributed by atoms with Gasteiger partial charge in [0.1, 0.15) is 11.3 Å². The van der Waals surface area contributed by atoms with Gasteiger partial charge in [0.2, 0.25) is 0 Å². The van der Waals surface area contributed by atoms with Gasteiger partial charge in [0.25, 0.3) is 11.5 Å². The fourth-order valence-electron chi connectivity index (χ4n) is 2.34. The first-order chi connectivity index (χ1) is 11.1. The first kappa shape index (κ1) is 24.1. The fraction of sp³-hybridized carbons (Fsp3) is 0.500. The van der Waals surface area contributed by atoms with Crippen molar-refractivity contribution in [1.29, 1.82) is 0 Å². The van der Waals surface area contributed by atoms with Crippen LogP contribution in [-0.4, -0.2) is 32.1 Å². The van der Waals surface area contributed by atoms with Crippen LogP contribution in [0, 0.1) is 5.92 Å². The van der Waals surface area contributed by atoms with Gasteiger partial charge in [0, 0.05) is 20.6 Å². The molecule has 0 aromatic carbocycles. The van der Waals surface area contributed by atoms with Crippen LogP contribution in [0.4, 0.5) is 0 Å². The summed E-state index contributed by atoms with van der Waals surface area (Å²) in [6.07, 6.45) is 0. The Morgan fingerprint density at radius 2 is 1.81 bits per heavy atom. The molecule has 2 rings (SSSR count). The number of fused-ring (bicyclic) bond motifs is 1. The number of hydrogen-bond acceptors (Lipinski definition) is 5. The second kappa shape index (κ2) is 8.66. The largest absolute Gasteiger partial charge is 0.344 e. The number of amides is 1. The first-order valence-electron chi connectivity index (χ1n) is 7.71. The average molecular weight is 406 g/mol. The van der Waals surface area contributed by atoms with Crippen LogP contribution in [0.25, 0.3) is 11.0 Å². The highest BCUT2D eigenvalue weighted by molar-refractivity contribution is 5.94. The van der Waals surface area contributed by atoms with Crippen molar-refractivity contribution in [3.8, 4) is 0 Å². The van der Waals surface area contributed by atoms with Gasteiger partial charge < -0.3 is 11.1 Å². The number of carbonyl (C=O) groups is 1. The van der Waals surface area contributed by atoms with Crippen molar-refractivity contribution in [3.05, 3.63) is 38.7 Å². The molecule has 0 spiro atoms. The second-order valence-corrected chi connectivity index (χ2v) is 6.50. The summed E-state index contributed by atoms with van der Waals surface area (Å²) in [6, 6.07) is 2.98. The molecule has 10 heteroatoms. The molecule has 1 atom stereocenters. The molecule has 3 N–H and O–H groups in total. The Morgan fingerprint density at radius 1 is 1.23 bits per heavy atom. The van der Waals surface area contributed by atoms with Crippen LogP contribution in [0.1, 0.15) is 31.3 Å². The molecule has 0 aliphatic rings. The van der Waals surface area contributed by atoms with E-state index >= 15 is 0 Å². The van der Waals surface area contributed by atoms with Crippen molar-refractivity contribution in [2.24, 2.45) is 25.7 Å². The van der Waals surface area contributed by atoms with E-state index in [2.05, 4.69) is 10.3 Å². The van der Waals surface area contributed by atoms with Crippen molar-refractivity contribution < 1.29 is 4.79 Å². The van der Waals surface area contributed by atoms with Crippen LogP contribution < -0.4 is 22.3 Å². The number of pyridine rings is 1. The predicted octanol–water partition coefficient (Wildman–Crippen LogP) is 0.579. The van der Waals surface area contributed by atoms with Gasteiger partial charge in [-0.25, -0.2) is 9.78 Å². The second-order valence-electron chi connectivity index (χ2n) is 6.50. The highest BCUT2D eigenvalue weighted by atomic mass is 35.5. The summed E-state index contributed by atoms with van der Waals surface area (Å²) in [4.78, 5) is 40.9. The Hall–Kier alpha value is -1.90. The van der Waals surface area contributed by atoms with Crippen molar-refractivity contribution >= 4 is 41.8 Å². The highest BCUT2D eigenvalue weighted by Crippen LogP contribution is 2.16. The number of rotatable bonds is 4. The SMILES string of the molecule is CC(C)C(C)(CN)NC(=O)c1ccc2c(=O)n(C)c(=O)n(C)c2n1.Cl.Cl. The third kappa shape index (κ3) is 4.08. The third-order valence-electron chi connectivity index (χ3n) is 4.63. The van der Waals surface area contributed by atoms with Crippen LogP contribution in [0.15, 0.2) is 21.7 Å². The van der Waals surface area contributed by atoms with Gasteiger partial charge in [-0.1, -0.05) is 13.8 Å². The number of nitrogens with one attached hydrogen (secondary N) is 1. The minimum absolute atomic E-state index is 0. The molecule has 1 unspecified atom stereocenters. The molecule has 0 saturated carbocycles. The summed E-state index contributed by atoms with van der Waals surface area (Å²) >= 11 is 0. The van der Waals surface area contributed by atoms with Crippen molar-refractivity contribution in [1.82, 2.24) is 19.4 Å². The van der Waals surface area contributed by atoms with Crippen LogP contribution >= 0.6 is 24.8 Å². The average Bonchev–Trinajstić information content (AvgIpc) is 2.57. The molecule has 2 aromatic heterocycles. The van der Waals surface area contributed by atoms with E-state index in [0.29, 0.717) is 0 Å². The summed E-state index contributed by atoms with van der Waals surface area (Å²) in [7, 11) is 2.91. The molecular weight excluding hydrogens is 381 g/mol. The molecule has 0 radical (unpaired) electrons. The molecule has 0 saturated heterocycles. The Bertz CT molecular complexity index is 922. The molecule has 1 amide bonds. The maximum atomic E-state index is 12.5. The topological polar surface area (TPSA) is 112 Å². The van der Waals surface area contributed by atoms with Gasteiger partial charge in [-0.15, -0.1) is 24.8 Å². The maximum absolute atomic E-state index is 12.5. The quantitative estimate of drug-likeness (QED) is 0.772. The molecule has 0 fully saturated rings. The monoisotopic (exact) mass is 405 g/mol. The summed E-state index contributed by atoms with van der Waals surface area (Å²) in [6.45, 7) is 6.08. The molecule has 2 heterocycles. The highest BCUT2D eigenvalue weighted by Gasteiger charge is 2.29. The van der Waals surface area contributed by atoms with E-state index < -0.39 is 22.7 Å². The van der Waals surface area contributed by atoms with E-state index in [1.807, 2.05) is 20.8 Å². The first-order valence-corrected chi connectivity index (χ1v) is 7.71.